The van der Waals surface area contributed by atoms with Gasteiger partial charge < -0.3 is 14.8 Å². The average molecular weight is 265 g/mol. The van der Waals surface area contributed by atoms with Gasteiger partial charge in [-0.05, 0) is 39.0 Å². The summed E-state index contributed by atoms with van der Waals surface area (Å²) in [4.78, 5) is 15.0. The first kappa shape index (κ1) is 13.5. The van der Waals surface area contributed by atoms with Gasteiger partial charge in [0.25, 0.3) is 0 Å². The van der Waals surface area contributed by atoms with Crippen LogP contribution in [0.2, 0.25) is 0 Å². The Labute approximate surface area is 110 Å². The molecule has 0 saturated carbocycles. The van der Waals surface area contributed by atoms with Crippen molar-refractivity contribution in [2.45, 2.75) is 33.0 Å². The zero-order valence-corrected chi connectivity index (χ0v) is 11.1. The van der Waals surface area contributed by atoms with Gasteiger partial charge >= 0.3 is 5.97 Å². The highest BCUT2D eigenvalue weighted by Gasteiger charge is 2.24. The maximum Gasteiger partial charge on any atom is 0.341 e. The lowest BCUT2D eigenvalue weighted by molar-refractivity contribution is 0.00689. The molecule has 0 saturated heterocycles. The number of carbonyl (C=O) groups is 1. The van der Waals surface area contributed by atoms with Crippen molar-refractivity contribution in [3.8, 4) is 0 Å². The van der Waals surface area contributed by atoms with Crippen LogP contribution in [0.5, 0.6) is 0 Å². The molecule has 0 amide bonds. The van der Waals surface area contributed by atoms with E-state index in [4.69, 9.17) is 4.74 Å². The molecule has 4 nitrogen and oxygen atoms in total. The van der Waals surface area contributed by atoms with Gasteiger partial charge in [-0.25, -0.2) is 9.18 Å². The summed E-state index contributed by atoms with van der Waals surface area (Å²) in [5.74, 6) is -0.941. The second kappa shape index (κ2) is 4.66. The predicted molar refractivity (Wildman–Crippen MR) is 69.3 cm³/mol. The van der Waals surface area contributed by atoms with Crippen LogP contribution in [-0.4, -0.2) is 21.7 Å². The maximum atomic E-state index is 13.2. The minimum absolute atomic E-state index is 0.257. The van der Waals surface area contributed by atoms with Crippen molar-refractivity contribution < 1.29 is 19.0 Å². The summed E-state index contributed by atoms with van der Waals surface area (Å²) >= 11 is 0. The normalized spacial score (nSPS) is 11.8. The monoisotopic (exact) mass is 265 g/mol. The van der Waals surface area contributed by atoms with Crippen molar-refractivity contribution in [2.75, 3.05) is 0 Å². The van der Waals surface area contributed by atoms with Gasteiger partial charge in [0.1, 0.15) is 11.4 Å². The van der Waals surface area contributed by atoms with Crippen molar-refractivity contribution >= 4 is 16.9 Å². The molecule has 0 spiro atoms. The molecular weight excluding hydrogens is 249 g/mol. The third-order valence-corrected chi connectivity index (χ3v) is 2.60. The molecule has 0 aliphatic carbocycles. The largest absolute Gasteiger partial charge is 0.456 e. The lowest BCUT2D eigenvalue weighted by Gasteiger charge is -2.19. The van der Waals surface area contributed by atoms with Gasteiger partial charge in [0.15, 0.2) is 0 Å². The van der Waals surface area contributed by atoms with Gasteiger partial charge in [0.05, 0.1) is 17.9 Å². The van der Waals surface area contributed by atoms with Crippen LogP contribution in [0.3, 0.4) is 0 Å². The molecule has 2 aromatic rings. The number of aliphatic hydroxyl groups is 1. The number of ether oxygens (including phenoxy) is 1. The fraction of sp³-hybridized carbons (Fsp3) is 0.357. The second-order valence-electron chi connectivity index (χ2n) is 5.33. The molecule has 2 N–H and O–H groups in total. The molecule has 1 aromatic carbocycles. The highest BCUT2D eigenvalue weighted by Crippen LogP contribution is 2.25. The van der Waals surface area contributed by atoms with Crippen LogP contribution in [0.15, 0.2) is 18.2 Å². The van der Waals surface area contributed by atoms with E-state index in [-0.39, 0.29) is 12.2 Å². The number of rotatable bonds is 2. The summed E-state index contributed by atoms with van der Waals surface area (Å²) in [6.45, 7) is 4.94. The van der Waals surface area contributed by atoms with Gasteiger partial charge in [0.2, 0.25) is 0 Å². The summed E-state index contributed by atoms with van der Waals surface area (Å²) in [6, 6.07) is 4.05. The molecule has 1 aromatic heterocycles. The number of esters is 1. The first-order chi connectivity index (χ1) is 8.81. The summed E-state index contributed by atoms with van der Waals surface area (Å²) in [5.41, 5.74) is 0.417. The predicted octanol–water partition coefficient (Wildman–Crippen LogP) is 2.75. The van der Waals surface area contributed by atoms with Crippen molar-refractivity contribution in [1.82, 2.24) is 4.98 Å². The molecule has 102 valence electrons. The molecule has 0 atom stereocenters. The smallest absolute Gasteiger partial charge is 0.341 e. The van der Waals surface area contributed by atoms with Crippen LogP contribution >= 0.6 is 0 Å². The Hall–Kier alpha value is -1.88. The Morgan fingerprint density at radius 2 is 2.11 bits per heavy atom. The Bertz CT molecular complexity index is 625. The molecule has 1 heterocycles. The molecule has 0 aliphatic rings. The van der Waals surface area contributed by atoms with Crippen LogP contribution in [-0.2, 0) is 11.3 Å². The molecule has 2 rings (SSSR count). The van der Waals surface area contributed by atoms with Gasteiger partial charge in [-0.15, -0.1) is 0 Å². The summed E-state index contributed by atoms with van der Waals surface area (Å²) in [5, 5.41) is 9.84. The zero-order chi connectivity index (χ0) is 14.2. The number of hydrogen-bond acceptors (Lipinski definition) is 3. The van der Waals surface area contributed by atoms with E-state index in [1.165, 1.54) is 18.2 Å². The highest BCUT2D eigenvalue weighted by molar-refractivity contribution is 6.05. The van der Waals surface area contributed by atoms with Gasteiger partial charge in [-0.2, -0.15) is 0 Å². The summed E-state index contributed by atoms with van der Waals surface area (Å²) in [6.07, 6.45) is 0. The maximum absolute atomic E-state index is 13.2. The number of halogens is 1. The van der Waals surface area contributed by atoms with Crippen LogP contribution in [0.25, 0.3) is 10.9 Å². The number of benzene rings is 1. The lowest BCUT2D eigenvalue weighted by atomic mass is 10.1. The number of H-pyrrole nitrogens is 1. The third kappa shape index (κ3) is 2.76. The molecule has 5 heteroatoms. The molecule has 0 aliphatic heterocycles. The molecule has 0 unspecified atom stereocenters. The minimum Gasteiger partial charge on any atom is -0.456 e. The number of hydrogen-bond donors (Lipinski definition) is 2. The van der Waals surface area contributed by atoms with Crippen LogP contribution < -0.4 is 0 Å². The number of nitrogens with one attached hydrogen (secondary N) is 1. The number of aliphatic hydroxyl groups excluding tert-OH is 1. The first-order valence-electron chi connectivity index (χ1n) is 5.96. The average Bonchev–Trinajstić information content (AvgIpc) is 2.63. The van der Waals surface area contributed by atoms with Gasteiger partial charge in [0, 0.05) is 10.9 Å². The number of aromatic nitrogens is 1. The van der Waals surface area contributed by atoms with E-state index in [9.17, 15) is 14.3 Å². The Morgan fingerprint density at radius 3 is 2.68 bits per heavy atom. The Balaban J connectivity index is 2.54. The van der Waals surface area contributed by atoms with Crippen molar-refractivity contribution in [3.05, 3.63) is 35.3 Å². The number of fused-ring (bicyclic) bond motifs is 1. The lowest BCUT2D eigenvalue weighted by Crippen LogP contribution is -2.24. The quantitative estimate of drug-likeness (QED) is 0.821. The fourth-order valence-electron chi connectivity index (χ4n) is 1.91. The zero-order valence-electron chi connectivity index (χ0n) is 11.1. The highest BCUT2D eigenvalue weighted by atomic mass is 19.1. The van der Waals surface area contributed by atoms with E-state index in [0.717, 1.165) is 0 Å². The van der Waals surface area contributed by atoms with Gasteiger partial charge in [-0.3, -0.25) is 0 Å². The fourth-order valence-corrected chi connectivity index (χ4v) is 1.91. The Morgan fingerprint density at radius 1 is 1.42 bits per heavy atom. The SMILES string of the molecule is CC(C)(C)OC(=O)c1c(CO)[nH]c2cc(F)ccc12. The van der Waals surface area contributed by atoms with E-state index in [0.29, 0.717) is 16.6 Å². The summed E-state index contributed by atoms with van der Waals surface area (Å²) in [7, 11) is 0. The second-order valence-corrected chi connectivity index (χ2v) is 5.33. The van der Waals surface area contributed by atoms with E-state index >= 15 is 0 Å². The van der Waals surface area contributed by atoms with E-state index < -0.39 is 17.4 Å². The van der Waals surface area contributed by atoms with Crippen molar-refractivity contribution in [1.29, 1.82) is 0 Å². The van der Waals surface area contributed by atoms with Crippen LogP contribution in [0.4, 0.5) is 4.39 Å². The van der Waals surface area contributed by atoms with E-state index in [1.807, 2.05) is 0 Å². The Kier molecular flexibility index (Phi) is 3.32. The standard InChI is InChI=1S/C14H16FNO3/c1-14(2,3)19-13(18)12-9-5-4-8(15)6-10(9)16-11(12)7-17/h4-6,16-17H,7H2,1-3H3. The molecule has 0 bridgehead atoms. The molecular formula is C14H16FNO3. The number of carbonyl (C=O) groups excluding carboxylic acids is 1. The molecule has 0 fully saturated rings. The minimum atomic E-state index is -0.632. The van der Waals surface area contributed by atoms with Crippen molar-refractivity contribution in [3.63, 3.8) is 0 Å². The number of aromatic amines is 1. The van der Waals surface area contributed by atoms with Crippen LogP contribution in [0, 0.1) is 5.82 Å². The molecule has 19 heavy (non-hydrogen) atoms. The topological polar surface area (TPSA) is 62.3 Å². The van der Waals surface area contributed by atoms with Gasteiger partial charge in [-0.1, -0.05) is 0 Å². The first-order valence-corrected chi connectivity index (χ1v) is 5.96. The van der Waals surface area contributed by atoms with Crippen LogP contribution in [0.1, 0.15) is 36.8 Å². The van der Waals surface area contributed by atoms with E-state index in [1.54, 1.807) is 20.8 Å². The van der Waals surface area contributed by atoms with E-state index in [2.05, 4.69) is 4.98 Å². The molecule has 0 radical (unpaired) electrons. The van der Waals surface area contributed by atoms with Crippen molar-refractivity contribution in [2.24, 2.45) is 0 Å². The third-order valence-electron chi connectivity index (χ3n) is 2.60. The summed E-state index contributed by atoms with van der Waals surface area (Å²) < 4.78 is 18.5.